The average Bonchev–Trinajstić information content (AvgIpc) is 3.09. The van der Waals surface area contributed by atoms with Gasteiger partial charge in [0.1, 0.15) is 5.65 Å². The Kier molecular flexibility index (Phi) is 5.46. The summed E-state index contributed by atoms with van der Waals surface area (Å²) in [6.45, 7) is 3.05. The lowest BCUT2D eigenvalue weighted by Crippen LogP contribution is -2.46. The first-order chi connectivity index (χ1) is 13.8. The maximum absolute atomic E-state index is 13.0. The summed E-state index contributed by atoms with van der Waals surface area (Å²) in [5.41, 5.74) is 2.05. The second-order valence-electron chi connectivity index (χ2n) is 6.88. The Morgan fingerprint density at radius 1 is 1.03 bits per heavy atom. The van der Waals surface area contributed by atoms with Gasteiger partial charge in [-0.05, 0) is 24.3 Å². The molecule has 154 valence electrons. The van der Waals surface area contributed by atoms with Crippen LogP contribution >= 0.6 is 11.6 Å². The van der Waals surface area contributed by atoms with Gasteiger partial charge in [-0.1, -0.05) is 23.7 Å². The summed E-state index contributed by atoms with van der Waals surface area (Å²) >= 11 is 6.00. The minimum atomic E-state index is -4.65. The van der Waals surface area contributed by atoms with Gasteiger partial charge in [0.2, 0.25) is 9.84 Å². The number of rotatable bonds is 5. The number of anilines is 1. The van der Waals surface area contributed by atoms with Gasteiger partial charge in [-0.15, -0.1) is 0 Å². The van der Waals surface area contributed by atoms with Crippen molar-refractivity contribution in [2.24, 2.45) is 0 Å². The van der Waals surface area contributed by atoms with Crippen LogP contribution in [0.25, 0.3) is 5.65 Å². The molecule has 1 aromatic carbocycles. The molecular formula is C19H19ClF2N4O2S. The Hall–Kier alpha value is -2.23. The van der Waals surface area contributed by atoms with Crippen LogP contribution in [0.1, 0.15) is 5.69 Å². The Morgan fingerprint density at radius 3 is 2.48 bits per heavy atom. The van der Waals surface area contributed by atoms with Crippen LogP contribution in [0.15, 0.2) is 53.7 Å². The normalized spacial score (nSPS) is 16.1. The molecule has 29 heavy (non-hydrogen) atoms. The second-order valence-corrected chi connectivity index (χ2v) is 9.20. The fraction of sp³-hybridized carbons (Fsp3) is 0.316. The zero-order chi connectivity index (χ0) is 20.6. The Balaban J connectivity index is 1.46. The standard InChI is InChI=1S/C19H19ClF2N4O2S/c20-14-5-6-18-23-15(13-26(18)11-14)12-24-7-9-25(10-8-24)16-3-1-2-4-17(16)29(27,28)19(21)22/h1-6,11,13,19H,7-10,12H2. The summed E-state index contributed by atoms with van der Waals surface area (Å²) in [7, 11) is -4.65. The maximum Gasteiger partial charge on any atom is 0.341 e. The zero-order valence-corrected chi connectivity index (χ0v) is 17.0. The Morgan fingerprint density at radius 2 is 1.76 bits per heavy atom. The Labute approximate surface area is 172 Å². The summed E-state index contributed by atoms with van der Waals surface area (Å²) < 4.78 is 51.9. The molecule has 0 bridgehead atoms. The van der Waals surface area contributed by atoms with Crippen molar-refractivity contribution in [1.82, 2.24) is 14.3 Å². The van der Waals surface area contributed by atoms with Gasteiger partial charge in [-0.2, -0.15) is 8.78 Å². The van der Waals surface area contributed by atoms with Crippen molar-refractivity contribution in [2.75, 3.05) is 31.1 Å². The van der Waals surface area contributed by atoms with Crippen molar-refractivity contribution in [1.29, 1.82) is 0 Å². The first-order valence-electron chi connectivity index (χ1n) is 9.06. The molecular weight excluding hydrogens is 422 g/mol. The van der Waals surface area contributed by atoms with Crippen LogP contribution in [0.4, 0.5) is 14.5 Å². The van der Waals surface area contributed by atoms with Crippen LogP contribution in [-0.4, -0.2) is 54.6 Å². The number of alkyl halides is 2. The number of halogens is 3. The smallest absolute Gasteiger partial charge is 0.341 e. The van der Waals surface area contributed by atoms with Gasteiger partial charge in [0, 0.05) is 45.1 Å². The number of hydrogen-bond acceptors (Lipinski definition) is 5. The first kappa shape index (κ1) is 20.1. The third kappa shape index (κ3) is 4.08. The molecule has 1 saturated heterocycles. The maximum atomic E-state index is 13.0. The van der Waals surface area contributed by atoms with Gasteiger partial charge < -0.3 is 9.30 Å². The number of fused-ring (bicyclic) bond motifs is 1. The van der Waals surface area contributed by atoms with Gasteiger partial charge in [0.25, 0.3) is 0 Å². The molecule has 10 heteroatoms. The number of sulfone groups is 1. The molecule has 0 unspecified atom stereocenters. The summed E-state index contributed by atoms with van der Waals surface area (Å²) in [4.78, 5) is 8.30. The van der Waals surface area contributed by atoms with E-state index in [4.69, 9.17) is 11.6 Å². The fourth-order valence-electron chi connectivity index (χ4n) is 3.52. The quantitative estimate of drug-likeness (QED) is 0.609. The van der Waals surface area contributed by atoms with E-state index < -0.39 is 15.6 Å². The number of imidazole rings is 1. The molecule has 0 N–H and O–H groups in total. The van der Waals surface area contributed by atoms with Gasteiger partial charge in [-0.3, -0.25) is 4.90 Å². The lowest BCUT2D eigenvalue weighted by atomic mass is 10.2. The zero-order valence-electron chi connectivity index (χ0n) is 15.4. The van der Waals surface area contributed by atoms with Crippen molar-refractivity contribution in [3.63, 3.8) is 0 Å². The number of hydrogen-bond donors (Lipinski definition) is 0. The number of aromatic nitrogens is 2. The molecule has 0 radical (unpaired) electrons. The van der Waals surface area contributed by atoms with Crippen molar-refractivity contribution in [3.05, 3.63) is 59.5 Å². The van der Waals surface area contributed by atoms with Crippen molar-refractivity contribution >= 4 is 32.8 Å². The van der Waals surface area contributed by atoms with E-state index in [9.17, 15) is 17.2 Å². The largest absolute Gasteiger partial charge is 0.368 e. The summed E-state index contributed by atoms with van der Waals surface area (Å²) in [6.07, 6.45) is 3.73. The van der Waals surface area contributed by atoms with E-state index in [0.717, 1.165) is 11.3 Å². The molecule has 3 heterocycles. The summed E-state index contributed by atoms with van der Waals surface area (Å²) in [6, 6.07) is 9.59. The predicted molar refractivity (Wildman–Crippen MR) is 107 cm³/mol. The molecule has 3 aromatic rings. The van der Waals surface area contributed by atoms with Crippen LogP contribution < -0.4 is 4.90 Å². The monoisotopic (exact) mass is 440 g/mol. The topological polar surface area (TPSA) is 57.9 Å². The highest BCUT2D eigenvalue weighted by Crippen LogP contribution is 2.30. The second kappa shape index (κ2) is 7.89. The molecule has 4 rings (SSSR count). The van der Waals surface area contributed by atoms with E-state index in [1.165, 1.54) is 12.1 Å². The molecule has 1 aliphatic heterocycles. The highest BCUT2D eigenvalue weighted by molar-refractivity contribution is 7.91. The number of para-hydroxylation sites is 1. The SMILES string of the molecule is O=S(=O)(c1ccccc1N1CCN(Cc2cn3cc(Cl)ccc3n2)CC1)C(F)F. The minimum Gasteiger partial charge on any atom is -0.368 e. The molecule has 0 atom stereocenters. The summed E-state index contributed by atoms with van der Waals surface area (Å²) in [5.74, 6) is -3.44. The van der Waals surface area contributed by atoms with E-state index in [1.807, 2.05) is 21.6 Å². The van der Waals surface area contributed by atoms with Gasteiger partial charge in [0.05, 0.1) is 21.3 Å². The molecule has 0 aliphatic carbocycles. The van der Waals surface area contributed by atoms with Crippen LogP contribution in [0.5, 0.6) is 0 Å². The number of benzene rings is 1. The first-order valence-corrected chi connectivity index (χ1v) is 11.0. The van der Waals surface area contributed by atoms with Crippen LogP contribution in [-0.2, 0) is 16.4 Å². The summed E-state index contributed by atoms with van der Waals surface area (Å²) in [5, 5.41) is 0.632. The van der Waals surface area contributed by atoms with Crippen LogP contribution in [0.3, 0.4) is 0 Å². The Bertz CT molecular complexity index is 1130. The van der Waals surface area contributed by atoms with E-state index >= 15 is 0 Å². The van der Waals surface area contributed by atoms with Crippen LogP contribution in [0, 0.1) is 0 Å². The molecule has 0 saturated carbocycles. The number of pyridine rings is 1. The third-order valence-corrected chi connectivity index (χ3v) is 6.62. The fourth-order valence-corrected chi connectivity index (χ4v) is 4.64. The van der Waals surface area contributed by atoms with E-state index in [0.29, 0.717) is 43.4 Å². The highest BCUT2D eigenvalue weighted by atomic mass is 35.5. The van der Waals surface area contributed by atoms with Crippen molar-refractivity contribution < 1.29 is 17.2 Å². The molecule has 1 fully saturated rings. The van der Waals surface area contributed by atoms with Gasteiger partial charge >= 0.3 is 5.76 Å². The number of nitrogens with zero attached hydrogens (tertiary/aromatic N) is 4. The lowest BCUT2D eigenvalue weighted by molar-refractivity contribution is 0.234. The van der Waals surface area contributed by atoms with E-state index in [2.05, 4.69) is 9.88 Å². The third-order valence-electron chi connectivity index (χ3n) is 4.97. The molecule has 2 aromatic heterocycles. The molecule has 0 spiro atoms. The average molecular weight is 441 g/mol. The van der Waals surface area contributed by atoms with Gasteiger partial charge in [0.15, 0.2) is 0 Å². The van der Waals surface area contributed by atoms with Gasteiger partial charge in [-0.25, -0.2) is 13.4 Å². The lowest BCUT2D eigenvalue weighted by Gasteiger charge is -2.36. The molecule has 0 amide bonds. The van der Waals surface area contributed by atoms with Crippen molar-refractivity contribution in [2.45, 2.75) is 17.2 Å². The van der Waals surface area contributed by atoms with E-state index in [-0.39, 0.29) is 4.90 Å². The van der Waals surface area contributed by atoms with E-state index in [1.54, 1.807) is 24.4 Å². The molecule has 1 aliphatic rings. The minimum absolute atomic E-state index is 0.319. The molecule has 6 nitrogen and oxygen atoms in total. The predicted octanol–water partition coefficient (Wildman–Crippen LogP) is 3.31. The van der Waals surface area contributed by atoms with Crippen LogP contribution in [0.2, 0.25) is 5.02 Å². The van der Waals surface area contributed by atoms with Crippen molar-refractivity contribution in [3.8, 4) is 0 Å². The number of piperazine rings is 1. The highest BCUT2D eigenvalue weighted by Gasteiger charge is 2.31.